The van der Waals surface area contributed by atoms with Crippen molar-refractivity contribution in [2.45, 2.75) is 38.6 Å². The van der Waals surface area contributed by atoms with Gasteiger partial charge in [-0.25, -0.2) is 13.1 Å². The Kier molecular flexibility index (Phi) is 5.74. The Labute approximate surface area is 170 Å². The van der Waals surface area contributed by atoms with Crippen molar-refractivity contribution >= 4 is 27.4 Å². The highest BCUT2D eigenvalue weighted by Crippen LogP contribution is 2.21. The Morgan fingerprint density at radius 3 is 2.52 bits per heavy atom. The minimum atomic E-state index is -3.83. The van der Waals surface area contributed by atoms with Crippen molar-refractivity contribution in [1.82, 2.24) is 9.78 Å². The van der Waals surface area contributed by atoms with Gasteiger partial charge >= 0.3 is 0 Å². The van der Waals surface area contributed by atoms with Crippen molar-refractivity contribution in [3.63, 3.8) is 0 Å². The van der Waals surface area contributed by atoms with Gasteiger partial charge in [0, 0.05) is 23.4 Å². The van der Waals surface area contributed by atoms with E-state index in [9.17, 15) is 13.2 Å². The van der Waals surface area contributed by atoms with Crippen molar-refractivity contribution in [1.29, 1.82) is 0 Å². The minimum Gasteiger partial charge on any atom is -0.307 e. The number of rotatable bonds is 6. The number of aryl methyl sites for hydroxylation is 2. The van der Waals surface area contributed by atoms with E-state index in [-0.39, 0.29) is 16.5 Å². The van der Waals surface area contributed by atoms with Gasteiger partial charge < -0.3 is 5.32 Å². The van der Waals surface area contributed by atoms with E-state index in [4.69, 9.17) is 0 Å². The molecule has 152 valence electrons. The van der Waals surface area contributed by atoms with Crippen molar-refractivity contribution in [3.8, 4) is 0 Å². The van der Waals surface area contributed by atoms with Crippen molar-refractivity contribution in [3.05, 3.63) is 71.4 Å². The number of hydrogen-bond acceptors (Lipinski definition) is 4. The third kappa shape index (κ3) is 4.65. The van der Waals surface area contributed by atoms with Crippen LogP contribution >= 0.6 is 0 Å². The van der Waals surface area contributed by atoms with E-state index in [0.717, 1.165) is 5.56 Å². The highest BCUT2D eigenvalue weighted by molar-refractivity contribution is 7.92. The van der Waals surface area contributed by atoms with E-state index >= 15 is 0 Å². The molecule has 1 amide bonds. The van der Waals surface area contributed by atoms with Crippen LogP contribution in [-0.2, 0) is 10.0 Å². The molecule has 0 atom stereocenters. The molecule has 0 aliphatic carbocycles. The lowest BCUT2D eigenvalue weighted by Gasteiger charge is -2.14. The van der Waals surface area contributed by atoms with Crippen molar-refractivity contribution in [2.75, 3.05) is 10.0 Å². The van der Waals surface area contributed by atoms with Crippen LogP contribution in [0.25, 0.3) is 0 Å². The molecule has 0 aliphatic rings. The molecule has 0 bridgehead atoms. The summed E-state index contributed by atoms with van der Waals surface area (Å²) in [4.78, 5) is 12.8. The summed E-state index contributed by atoms with van der Waals surface area (Å²) >= 11 is 0. The molecule has 3 rings (SSSR count). The second-order valence-corrected chi connectivity index (χ2v) is 8.84. The first-order chi connectivity index (χ1) is 13.7. The van der Waals surface area contributed by atoms with Crippen LogP contribution in [0.2, 0.25) is 0 Å². The number of hydrogen-bond donors (Lipinski definition) is 2. The van der Waals surface area contributed by atoms with Gasteiger partial charge in [0.05, 0.1) is 11.1 Å². The Bertz CT molecular complexity index is 1150. The van der Waals surface area contributed by atoms with Gasteiger partial charge in [-0.2, -0.15) is 5.10 Å². The minimum absolute atomic E-state index is 0.0205. The highest BCUT2D eigenvalue weighted by Gasteiger charge is 2.19. The average molecular weight is 413 g/mol. The molecule has 0 fully saturated rings. The second kappa shape index (κ2) is 8.08. The summed E-state index contributed by atoms with van der Waals surface area (Å²) in [5, 5.41) is 7.00. The van der Waals surface area contributed by atoms with Crippen LogP contribution in [0.15, 0.2) is 59.6 Å². The number of carbonyl (C=O) groups is 1. The summed E-state index contributed by atoms with van der Waals surface area (Å²) in [5.41, 5.74) is 2.37. The lowest BCUT2D eigenvalue weighted by atomic mass is 10.1. The first-order valence-corrected chi connectivity index (χ1v) is 10.7. The number of aromatic nitrogens is 2. The van der Waals surface area contributed by atoms with Crippen molar-refractivity contribution < 1.29 is 13.2 Å². The molecule has 7 nitrogen and oxygen atoms in total. The van der Waals surface area contributed by atoms with Crippen LogP contribution < -0.4 is 10.0 Å². The summed E-state index contributed by atoms with van der Waals surface area (Å²) in [5.74, 6) is 0.160. The third-order valence-corrected chi connectivity index (χ3v) is 5.81. The number of carbonyl (C=O) groups excluding carboxylic acids is 1. The first-order valence-electron chi connectivity index (χ1n) is 9.22. The number of sulfonamides is 1. The molecule has 0 aliphatic heterocycles. The van der Waals surface area contributed by atoms with E-state index in [1.807, 2.05) is 26.8 Å². The van der Waals surface area contributed by atoms with Crippen LogP contribution in [0, 0.1) is 13.8 Å². The molecule has 2 N–H and O–H groups in total. The smallest absolute Gasteiger partial charge is 0.261 e. The zero-order chi connectivity index (χ0) is 21.2. The molecule has 3 aromatic rings. The maximum Gasteiger partial charge on any atom is 0.261 e. The quantitative estimate of drug-likeness (QED) is 0.636. The van der Waals surface area contributed by atoms with Gasteiger partial charge in [0.15, 0.2) is 0 Å². The molecule has 29 heavy (non-hydrogen) atoms. The first kappa shape index (κ1) is 20.6. The number of anilines is 2. The summed E-state index contributed by atoms with van der Waals surface area (Å²) in [6.07, 6.45) is 1.61. The molecular formula is C21H24N4O3S. The van der Waals surface area contributed by atoms with Gasteiger partial charge in [0.25, 0.3) is 15.9 Å². The molecule has 0 spiro atoms. The Morgan fingerprint density at radius 1 is 1.07 bits per heavy atom. The van der Waals surface area contributed by atoms with E-state index < -0.39 is 15.9 Å². The molecule has 1 heterocycles. The Hall–Kier alpha value is -3.13. The van der Waals surface area contributed by atoms with Gasteiger partial charge in [-0.05, 0) is 63.1 Å². The lowest BCUT2D eigenvalue weighted by molar-refractivity contribution is 0.102. The summed E-state index contributed by atoms with van der Waals surface area (Å²) < 4.78 is 29.8. The standard InChI is InChI=1S/C21H24N4O3S/c1-14(2)25-20(10-11-22-25)23-21(26)19-13-18(9-8-16(19)4)29(27,28)24-17-7-5-6-15(3)12-17/h5-14,24H,1-4H3,(H,23,26). The summed E-state index contributed by atoms with van der Waals surface area (Å²) in [6.45, 7) is 7.56. The van der Waals surface area contributed by atoms with Crippen LogP contribution in [0.4, 0.5) is 11.5 Å². The maximum absolute atomic E-state index is 12.8. The third-order valence-electron chi connectivity index (χ3n) is 4.44. The van der Waals surface area contributed by atoms with Gasteiger partial charge in [-0.3, -0.25) is 9.52 Å². The SMILES string of the molecule is Cc1cccc(NS(=O)(=O)c2ccc(C)c(C(=O)Nc3ccnn3C(C)C)c2)c1. The molecule has 8 heteroatoms. The fraction of sp³-hybridized carbons (Fsp3) is 0.238. The van der Waals surface area contributed by atoms with Gasteiger partial charge in [-0.1, -0.05) is 18.2 Å². The number of amides is 1. The molecule has 2 aromatic carbocycles. The van der Waals surface area contributed by atoms with Gasteiger partial charge in [-0.15, -0.1) is 0 Å². The van der Waals surface area contributed by atoms with Crippen LogP contribution in [-0.4, -0.2) is 24.1 Å². The maximum atomic E-state index is 12.8. The largest absolute Gasteiger partial charge is 0.307 e. The van der Waals surface area contributed by atoms with Crippen LogP contribution in [0.5, 0.6) is 0 Å². The zero-order valence-electron chi connectivity index (χ0n) is 16.8. The molecular weight excluding hydrogens is 388 g/mol. The molecule has 0 unspecified atom stereocenters. The molecule has 0 radical (unpaired) electrons. The molecule has 1 aromatic heterocycles. The summed E-state index contributed by atoms with van der Waals surface area (Å²) in [7, 11) is -3.83. The predicted molar refractivity (Wildman–Crippen MR) is 114 cm³/mol. The summed E-state index contributed by atoms with van der Waals surface area (Å²) in [6, 6.07) is 13.4. The van der Waals surface area contributed by atoms with Gasteiger partial charge in [0.1, 0.15) is 5.82 Å². The monoisotopic (exact) mass is 412 g/mol. The highest BCUT2D eigenvalue weighted by atomic mass is 32.2. The van der Waals surface area contributed by atoms with E-state index in [1.54, 1.807) is 48.1 Å². The normalized spacial score (nSPS) is 11.5. The number of nitrogens with one attached hydrogen (secondary N) is 2. The van der Waals surface area contributed by atoms with E-state index in [0.29, 0.717) is 17.1 Å². The topological polar surface area (TPSA) is 93.1 Å². The Balaban J connectivity index is 1.89. The van der Waals surface area contributed by atoms with E-state index in [1.165, 1.54) is 12.1 Å². The fourth-order valence-electron chi connectivity index (χ4n) is 2.94. The van der Waals surface area contributed by atoms with Crippen LogP contribution in [0.3, 0.4) is 0 Å². The van der Waals surface area contributed by atoms with Crippen LogP contribution in [0.1, 0.15) is 41.4 Å². The number of benzene rings is 2. The number of nitrogens with zero attached hydrogens (tertiary/aromatic N) is 2. The van der Waals surface area contributed by atoms with Gasteiger partial charge in [0.2, 0.25) is 0 Å². The second-order valence-electron chi connectivity index (χ2n) is 7.16. The predicted octanol–water partition coefficient (Wildman–Crippen LogP) is 4.13. The fourth-order valence-corrected chi connectivity index (χ4v) is 4.02. The average Bonchev–Trinajstić information content (AvgIpc) is 3.09. The zero-order valence-corrected chi connectivity index (χ0v) is 17.6. The lowest BCUT2D eigenvalue weighted by Crippen LogP contribution is -2.19. The van der Waals surface area contributed by atoms with E-state index in [2.05, 4.69) is 15.1 Å². The van der Waals surface area contributed by atoms with Crippen molar-refractivity contribution in [2.24, 2.45) is 0 Å². The molecule has 0 saturated carbocycles. The molecule has 0 saturated heterocycles. The Morgan fingerprint density at radius 2 is 1.83 bits per heavy atom.